The SMILES string of the molecule is NC(=O)N1CCOC(c2ccc(F)cc2)C1. The van der Waals surface area contributed by atoms with E-state index in [0.29, 0.717) is 19.7 Å². The Kier molecular flexibility index (Phi) is 3.05. The highest BCUT2D eigenvalue weighted by Gasteiger charge is 2.23. The van der Waals surface area contributed by atoms with E-state index in [1.54, 1.807) is 12.1 Å². The number of hydrogen-bond donors (Lipinski definition) is 1. The molecule has 1 saturated heterocycles. The summed E-state index contributed by atoms with van der Waals surface area (Å²) >= 11 is 0. The molecule has 1 fully saturated rings. The van der Waals surface area contributed by atoms with Crippen LogP contribution in [0.4, 0.5) is 9.18 Å². The Labute approximate surface area is 92.8 Å². The van der Waals surface area contributed by atoms with Crippen LogP contribution in [0.3, 0.4) is 0 Å². The van der Waals surface area contributed by atoms with Gasteiger partial charge in [-0.3, -0.25) is 0 Å². The van der Waals surface area contributed by atoms with Crippen molar-refractivity contribution in [1.82, 2.24) is 4.90 Å². The van der Waals surface area contributed by atoms with Gasteiger partial charge < -0.3 is 15.4 Å². The number of morpholine rings is 1. The Balaban J connectivity index is 2.09. The van der Waals surface area contributed by atoms with Crippen LogP contribution in [0.25, 0.3) is 0 Å². The molecule has 1 heterocycles. The van der Waals surface area contributed by atoms with E-state index in [2.05, 4.69) is 0 Å². The van der Waals surface area contributed by atoms with Gasteiger partial charge in [0.05, 0.1) is 13.2 Å². The van der Waals surface area contributed by atoms with Crippen LogP contribution in [0, 0.1) is 5.82 Å². The maximum Gasteiger partial charge on any atom is 0.314 e. The third kappa shape index (κ3) is 2.30. The van der Waals surface area contributed by atoms with Crippen molar-refractivity contribution < 1.29 is 13.9 Å². The number of nitrogens with zero attached hydrogens (tertiary/aromatic N) is 1. The highest BCUT2D eigenvalue weighted by molar-refractivity contribution is 5.72. The van der Waals surface area contributed by atoms with Gasteiger partial charge in [0.15, 0.2) is 0 Å². The zero-order chi connectivity index (χ0) is 11.5. The van der Waals surface area contributed by atoms with Gasteiger partial charge in [0, 0.05) is 6.54 Å². The Morgan fingerprint density at radius 3 is 2.75 bits per heavy atom. The molecule has 86 valence electrons. The van der Waals surface area contributed by atoms with Gasteiger partial charge in [-0.15, -0.1) is 0 Å². The molecule has 1 aromatic rings. The summed E-state index contributed by atoms with van der Waals surface area (Å²) in [7, 11) is 0. The molecule has 5 heteroatoms. The first-order chi connectivity index (χ1) is 7.66. The first-order valence-electron chi connectivity index (χ1n) is 5.08. The van der Waals surface area contributed by atoms with E-state index in [4.69, 9.17) is 10.5 Å². The minimum Gasteiger partial charge on any atom is -0.370 e. The van der Waals surface area contributed by atoms with Crippen molar-refractivity contribution in [3.8, 4) is 0 Å². The second-order valence-electron chi connectivity index (χ2n) is 3.70. The van der Waals surface area contributed by atoms with Crippen LogP contribution in [-0.2, 0) is 4.74 Å². The monoisotopic (exact) mass is 224 g/mol. The van der Waals surface area contributed by atoms with E-state index in [0.717, 1.165) is 5.56 Å². The number of rotatable bonds is 1. The van der Waals surface area contributed by atoms with E-state index in [9.17, 15) is 9.18 Å². The highest BCUT2D eigenvalue weighted by Crippen LogP contribution is 2.22. The molecule has 1 aromatic carbocycles. The van der Waals surface area contributed by atoms with Gasteiger partial charge in [-0.25, -0.2) is 9.18 Å². The van der Waals surface area contributed by atoms with E-state index in [-0.39, 0.29) is 11.9 Å². The summed E-state index contributed by atoms with van der Waals surface area (Å²) in [6.07, 6.45) is -0.221. The van der Waals surface area contributed by atoms with E-state index >= 15 is 0 Å². The van der Waals surface area contributed by atoms with Crippen molar-refractivity contribution in [2.45, 2.75) is 6.10 Å². The Morgan fingerprint density at radius 2 is 2.12 bits per heavy atom. The summed E-state index contributed by atoms with van der Waals surface area (Å²) in [6.45, 7) is 1.37. The van der Waals surface area contributed by atoms with E-state index in [1.807, 2.05) is 0 Å². The molecule has 16 heavy (non-hydrogen) atoms. The highest BCUT2D eigenvalue weighted by atomic mass is 19.1. The molecule has 1 aliphatic rings. The smallest absolute Gasteiger partial charge is 0.314 e. The molecule has 2 amide bonds. The van der Waals surface area contributed by atoms with Gasteiger partial charge in [0.1, 0.15) is 11.9 Å². The first kappa shape index (κ1) is 10.9. The number of urea groups is 1. The summed E-state index contributed by atoms with van der Waals surface area (Å²) in [5, 5.41) is 0. The van der Waals surface area contributed by atoms with Crippen molar-refractivity contribution in [3.63, 3.8) is 0 Å². The molecule has 1 atom stereocenters. The van der Waals surface area contributed by atoms with E-state index in [1.165, 1.54) is 17.0 Å². The predicted molar refractivity (Wildman–Crippen MR) is 56.2 cm³/mol. The summed E-state index contributed by atoms with van der Waals surface area (Å²) in [5.41, 5.74) is 6.06. The molecule has 2 rings (SSSR count). The van der Waals surface area contributed by atoms with Crippen molar-refractivity contribution in [1.29, 1.82) is 0 Å². The van der Waals surface area contributed by atoms with Crippen molar-refractivity contribution in [2.75, 3.05) is 19.7 Å². The predicted octanol–water partition coefficient (Wildman–Crippen LogP) is 1.28. The molecule has 0 aliphatic carbocycles. The lowest BCUT2D eigenvalue weighted by Crippen LogP contribution is -2.44. The van der Waals surface area contributed by atoms with Gasteiger partial charge in [-0.2, -0.15) is 0 Å². The number of ether oxygens (including phenoxy) is 1. The molecule has 2 N–H and O–H groups in total. The summed E-state index contributed by atoms with van der Waals surface area (Å²) in [5.74, 6) is -0.286. The minimum absolute atomic E-state index is 0.221. The second kappa shape index (κ2) is 4.49. The number of carbonyl (C=O) groups excluding carboxylic acids is 1. The van der Waals surface area contributed by atoms with Gasteiger partial charge in [-0.1, -0.05) is 12.1 Å². The number of amides is 2. The van der Waals surface area contributed by atoms with Gasteiger partial charge >= 0.3 is 6.03 Å². The molecular weight excluding hydrogens is 211 g/mol. The van der Waals surface area contributed by atoms with Crippen LogP contribution in [-0.4, -0.2) is 30.6 Å². The van der Waals surface area contributed by atoms with Crippen LogP contribution in [0.1, 0.15) is 11.7 Å². The van der Waals surface area contributed by atoms with Crippen molar-refractivity contribution in [3.05, 3.63) is 35.6 Å². The normalized spacial score (nSPS) is 20.8. The quantitative estimate of drug-likeness (QED) is 0.781. The fourth-order valence-corrected chi connectivity index (χ4v) is 1.73. The Morgan fingerprint density at radius 1 is 1.44 bits per heavy atom. The maximum atomic E-state index is 12.7. The van der Waals surface area contributed by atoms with Crippen LogP contribution < -0.4 is 5.73 Å². The molecule has 0 aromatic heterocycles. The molecule has 0 bridgehead atoms. The number of carbonyl (C=O) groups is 1. The standard InChI is InChI=1S/C11H13FN2O2/c12-9-3-1-8(2-4-9)10-7-14(11(13)15)5-6-16-10/h1-4,10H,5-7H2,(H2,13,15). The Bertz CT molecular complexity index is 380. The molecular formula is C11H13FN2O2. The lowest BCUT2D eigenvalue weighted by Gasteiger charge is -2.31. The molecule has 1 aliphatic heterocycles. The molecule has 0 spiro atoms. The zero-order valence-corrected chi connectivity index (χ0v) is 8.73. The number of benzene rings is 1. The third-order valence-corrected chi connectivity index (χ3v) is 2.62. The average Bonchev–Trinajstić information content (AvgIpc) is 2.30. The van der Waals surface area contributed by atoms with Gasteiger partial charge in [0.2, 0.25) is 0 Å². The minimum atomic E-state index is -0.449. The van der Waals surface area contributed by atoms with Crippen molar-refractivity contribution >= 4 is 6.03 Å². The topological polar surface area (TPSA) is 55.6 Å². The molecule has 0 saturated carbocycles. The number of nitrogens with two attached hydrogens (primary N) is 1. The summed E-state index contributed by atoms with van der Waals surface area (Å²) in [6, 6.07) is 5.62. The van der Waals surface area contributed by atoms with Crippen LogP contribution >= 0.6 is 0 Å². The zero-order valence-electron chi connectivity index (χ0n) is 8.73. The molecule has 4 nitrogen and oxygen atoms in total. The summed E-state index contributed by atoms with van der Waals surface area (Å²) in [4.78, 5) is 12.5. The van der Waals surface area contributed by atoms with Crippen LogP contribution in [0.5, 0.6) is 0 Å². The number of halogens is 1. The van der Waals surface area contributed by atoms with Crippen LogP contribution in [0.15, 0.2) is 24.3 Å². The molecule has 1 unspecified atom stereocenters. The van der Waals surface area contributed by atoms with Gasteiger partial charge in [0.25, 0.3) is 0 Å². The lowest BCUT2D eigenvalue weighted by atomic mass is 10.1. The number of primary amides is 1. The summed E-state index contributed by atoms with van der Waals surface area (Å²) < 4.78 is 18.2. The van der Waals surface area contributed by atoms with Gasteiger partial charge in [-0.05, 0) is 17.7 Å². The maximum absolute atomic E-state index is 12.7. The Hall–Kier alpha value is -1.62. The fourth-order valence-electron chi connectivity index (χ4n) is 1.73. The lowest BCUT2D eigenvalue weighted by molar-refractivity contribution is -0.0141. The van der Waals surface area contributed by atoms with E-state index < -0.39 is 6.03 Å². The average molecular weight is 224 g/mol. The second-order valence-corrected chi connectivity index (χ2v) is 3.70. The fraction of sp³-hybridized carbons (Fsp3) is 0.364. The third-order valence-electron chi connectivity index (χ3n) is 2.62. The largest absolute Gasteiger partial charge is 0.370 e. The van der Waals surface area contributed by atoms with Crippen LogP contribution in [0.2, 0.25) is 0 Å². The number of hydrogen-bond acceptors (Lipinski definition) is 2. The molecule has 0 radical (unpaired) electrons. The first-order valence-corrected chi connectivity index (χ1v) is 5.08. The van der Waals surface area contributed by atoms with Crippen molar-refractivity contribution in [2.24, 2.45) is 5.73 Å².